The van der Waals surface area contributed by atoms with Crippen LogP contribution in [-0.2, 0) is 6.54 Å². The number of amides is 2. The second kappa shape index (κ2) is 5.32. The van der Waals surface area contributed by atoms with Crippen molar-refractivity contribution in [1.29, 1.82) is 0 Å². The molecule has 0 spiro atoms. The fourth-order valence-electron chi connectivity index (χ4n) is 0.957. The van der Waals surface area contributed by atoms with Crippen molar-refractivity contribution in [2.45, 2.75) is 32.9 Å². The van der Waals surface area contributed by atoms with E-state index in [0.717, 1.165) is 12.2 Å². The molecule has 0 saturated heterocycles. The minimum absolute atomic E-state index is 0.157. The highest BCUT2D eigenvalue weighted by Crippen LogP contribution is 1.98. The van der Waals surface area contributed by atoms with Crippen LogP contribution in [-0.4, -0.2) is 12.1 Å². The molecule has 0 radical (unpaired) electrons. The number of hydrogen-bond acceptors (Lipinski definition) is 2. The summed E-state index contributed by atoms with van der Waals surface area (Å²) in [6.07, 6.45) is 2.51. The van der Waals surface area contributed by atoms with E-state index in [1.165, 1.54) is 0 Å². The van der Waals surface area contributed by atoms with Gasteiger partial charge in [0.25, 0.3) is 0 Å². The second-order valence-electron chi connectivity index (χ2n) is 3.22. The minimum atomic E-state index is -0.157. The molecule has 0 bridgehead atoms. The van der Waals surface area contributed by atoms with Gasteiger partial charge in [0.2, 0.25) is 0 Å². The number of hydrogen-bond donors (Lipinski definition) is 2. The largest absolute Gasteiger partial charge is 0.467 e. The van der Waals surface area contributed by atoms with Crippen LogP contribution in [0.25, 0.3) is 0 Å². The van der Waals surface area contributed by atoms with Gasteiger partial charge in [0, 0.05) is 6.04 Å². The smallest absolute Gasteiger partial charge is 0.315 e. The van der Waals surface area contributed by atoms with Gasteiger partial charge in [-0.25, -0.2) is 4.79 Å². The normalized spacial score (nSPS) is 12.1. The molecule has 0 saturated carbocycles. The van der Waals surface area contributed by atoms with E-state index in [0.29, 0.717) is 6.54 Å². The molecule has 0 aliphatic heterocycles. The van der Waals surface area contributed by atoms with E-state index in [1.807, 2.05) is 19.9 Å². The van der Waals surface area contributed by atoms with E-state index in [-0.39, 0.29) is 12.1 Å². The summed E-state index contributed by atoms with van der Waals surface area (Å²) < 4.78 is 5.07. The maximum absolute atomic E-state index is 11.2. The number of carbonyl (C=O) groups excluding carboxylic acids is 1. The first-order chi connectivity index (χ1) is 6.72. The number of carbonyl (C=O) groups is 1. The molecule has 4 heteroatoms. The Morgan fingerprint density at radius 1 is 1.64 bits per heavy atom. The van der Waals surface area contributed by atoms with Crippen molar-refractivity contribution in [2.24, 2.45) is 0 Å². The van der Waals surface area contributed by atoms with Crippen LogP contribution in [0.3, 0.4) is 0 Å². The quantitative estimate of drug-likeness (QED) is 0.772. The standard InChI is InChI=1S/C10H16N2O2/c1-3-8(2)12-10(13)11-7-9-5-4-6-14-9/h4-6,8H,3,7H2,1-2H3,(H2,11,12,13). The molecule has 0 aliphatic carbocycles. The topological polar surface area (TPSA) is 54.3 Å². The van der Waals surface area contributed by atoms with Crippen LogP contribution in [0.1, 0.15) is 26.0 Å². The fourth-order valence-corrected chi connectivity index (χ4v) is 0.957. The van der Waals surface area contributed by atoms with Gasteiger partial charge in [-0.3, -0.25) is 0 Å². The van der Waals surface area contributed by atoms with Crippen molar-refractivity contribution in [3.8, 4) is 0 Å². The zero-order valence-electron chi connectivity index (χ0n) is 8.54. The Balaban J connectivity index is 2.22. The van der Waals surface area contributed by atoms with Crippen molar-refractivity contribution in [1.82, 2.24) is 10.6 Å². The molecular formula is C10H16N2O2. The number of nitrogens with one attached hydrogen (secondary N) is 2. The Morgan fingerprint density at radius 3 is 3.00 bits per heavy atom. The fraction of sp³-hybridized carbons (Fsp3) is 0.500. The summed E-state index contributed by atoms with van der Waals surface area (Å²) in [5.41, 5.74) is 0. The number of rotatable bonds is 4. The molecule has 4 nitrogen and oxygen atoms in total. The summed E-state index contributed by atoms with van der Waals surface area (Å²) in [4.78, 5) is 11.2. The monoisotopic (exact) mass is 196 g/mol. The van der Waals surface area contributed by atoms with Crippen molar-refractivity contribution >= 4 is 6.03 Å². The van der Waals surface area contributed by atoms with Gasteiger partial charge in [0.15, 0.2) is 0 Å². The molecule has 1 aromatic heterocycles. The third-order valence-electron chi connectivity index (χ3n) is 1.99. The molecule has 14 heavy (non-hydrogen) atoms. The zero-order valence-corrected chi connectivity index (χ0v) is 8.54. The van der Waals surface area contributed by atoms with Crippen LogP contribution in [0, 0.1) is 0 Å². The molecule has 1 aromatic rings. The van der Waals surface area contributed by atoms with Crippen LogP contribution >= 0.6 is 0 Å². The van der Waals surface area contributed by atoms with E-state index in [2.05, 4.69) is 10.6 Å². The Bertz CT molecular complexity index is 270. The number of furan rings is 1. The van der Waals surface area contributed by atoms with E-state index in [9.17, 15) is 4.79 Å². The Hall–Kier alpha value is -1.45. The van der Waals surface area contributed by atoms with Gasteiger partial charge in [0.1, 0.15) is 5.76 Å². The van der Waals surface area contributed by atoms with Crippen molar-refractivity contribution in [3.05, 3.63) is 24.2 Å². The van der Waals surface area contributed by atoms with E-state index < -0.39 is 0 Å². The SMILES string of the molecule is CCC(C)NC(=O)NCc1ccco1. The highest BCUT2D eigenvalue weighted by atomic mass is 16.3. The highest BCUT2D eigenvalue weighted by Gasteiger charge is 2.04. The van der Waals surface area contributed by atoms with Crippen molar-refractivity contribution in [2.75, 3.05) is 0 Å². The Morgan fingerprint density at radius 2 is 2.43 bits per heavy atom. The van der Waals surface area contributed by atoms with Crippen LogP contribution in [0.4, 0.5) is 4.79 Å². The summed E-state index contributed by atoms with van der Waals surface area (Å²) in [7, 11) is 0. The lowest BCUT2D eigenvalue weighted by Gasteiger charge is -2.11. The minimum Gasteiger partial charge on any atom is -0.467 e. The first-order valence-corrected chi connectivity index (χ1v) is 4.79. The Kier molecular flexibility index (Phi) is 4.04. The molecule has 0 aromatic carbocycles. The summed E-state index contributed by atoms with van der Waals surface area (Å²) >= 11 is 0. The van der Waals surface area contributed by atoms with Crippen LogP contribution in [0.5, 0.6) is 0 Å². The molecule has 1 rings (SSSR count). The lowest BCUT2D eigenvalue weighted by Crippen LogP contribution is -2.40. The van der Waals surface area contributed by atoms with E-state index >= 15 is 0 Å². The molecular weight excluding hydrogens is 180 g/mol. The maximum Gasteiger partial charge on any atom is 0.315 e. The molecule has 1 heterocycles. The molecule has 0 aliphatic rings. The van der Waals surface area contributed by atoms with Crippen molar-refractivity contribution < 1.29 is 9.21 Å². The van der Waals surface area contributed by atoms with Crippen LogP contribution in [0.2, 0.25) is 0 Å². The summed E-state index contributed by atoms with van der Waals surface area (Å²) in [6.45, 7) is 4.42. The molecule has 78 valence electrons. The highest BCUT2D eigenvalue weighted by molar-refractivity contribution is 5.74. The van der Waals surface area contributed by atoms with Gasteiger partial charge in [-0.05, 0) is 25.5 Å². The van der Waals surface area contributed by atoms with Gasteiger partial charge >= 0.3 is 6.03 Å². The second-order valence-corrected chi connectivity index (χ2v) is 3.22. The lowest BCUT2D eigenvalue weighted by atomic mass is 10.3. The average molecular weight is 196 g/mol. The summed E-state index contributed by atoms with van der Waals surface area (Å²) in [5, 5.41) is 5.51. The molecule has 2 amide bonds. The van der Waals surface area contributed by atoms with Gasteiger partial charge in [-0.1, -0.05) is 6.92 Å². The predicted molar refractivity (Wildman–Crippen MR) is 53.8 cm³/mol. The van der Waals surface area contributed by atoms with Crippen LogP contribution in [0.15, 0.2) is 22.8 Å². The van der Waals surface area contributed by atoms with Gasteiger partial charge in [0.05, 0.1) is 12.8 Å². The van der Waals surface area contributed by atoms with E-state index in [1.54, 1.807) is 12.3 Å². The zero-order chi connectivity index (χ0) is 10.4. The molecule has 2 N–H and O–H groups in total. The third-order valence-corrected chi connectivity index (χ3v) is 1.99. The maximum atomic E-state index is 11.2. The van der Waals surface area contributed by atoms with Gasteiger partial charge in [-0.15, -0.1) is 0 Å². The van der Waals surface area contributed by atoms with Gasteiger partial charge < -0.3 is 15.1 Å². The lowest BCUT2D eigenvalue weighted by molar-refractivity contribution is 0.236. The van der Waals surface area contributed by atoms with E-state index in [4.69, 9.17) is 4.42 Å². The molecule has 0 fully saturated rings. The molecule has 1 atom stereocenters. The van der Waals surface area contributed by atoms with Crippen molar-refractivity contribution in [3.63, 3.8) is 0 Å². The first kappa shape index (κ1) is 10.6. The summed E-state index contributed by atoms with van der Waals surface area (Å²) in [5.74, 6) is 0.754. The predicted octanol–water partition coefficient (Wildman–Crippen LogP) is 1.88. The average Bonchev–Trinajstić information content (AvgIpc) is 2.67. The van der Waals surface area contributed by atoms with Crippen LogP contribution < -0.4 is 10.6 Å². The first-order valence-electron chi connectivity index (χ1n) is 4.79. The molecule has 1 unspecified atom stereocenters. The Labute approximate surface area is 83.7 Å². The van der Waals surface area contributed by atoms with Gasteiger partial charge in [-0.2, -0.15) is 0 Å². The summed E-state index contributed by atoms with van der Waals surface area (Å²) in [6, 6.07) is 3.66. The third kappa shape index (κ3) is 3.51. The number of urea groups is 1.